The molecule has 0 radical (unpaired) electrons. The Balaban J connectivity index is 1.77. The van der Waals surface area contributed by atoms with Crippen molar-refractivity contribution >= 4 is 0 Å². The van der Waals surface area contributed by atoms with Gasteiger partial charge in [-0.3, -0.25) is 0 Å². The summed E-state index contributed by atoms with van der Waals surface area (Å²) in [7, 11) is 4.42. The van der Waals surface area contributed by atoms with Crippen LogP contribution in [0.3, 0.4) is 0 Å². The summed E-state index contributed by atoms with van der Waals surface area (Å²) in [5, 5.41) is 2.40. The molecule has 0 aromatic heterocycles. The average Bonchev–Trinajstić information content (AvgIpc) is 2.38. The molecule has 1 aromatic carbocycles. The molecular formula is C15H26N2O+2. The van der Waals surface area contributed by atoms with Crippen molar-refractivity contribution in [3.8, 4) is 0 Å². The van der Waals surface area contributed by atoms with Gasteiger partial charge in [0.15, 0.2) is 0 Å². The summed E-state index contributed by atoms with van der Waals surface area (Å²) in [4.78, 5) is 1.53. The summed E-state index contributed by atoms with van der Waals surface area (Å²) in [5.74, 6) is 0. The van der Waals surface area contributed by atoms with E-state index in [1.54, 1.807) is 0 Å². The third-order valence-corrected chi connectivity index (χ3v) is 3.56. The monoisotopic (exact) mass is 250 g/mol. The molecule has 0 saturated heterocycles. The molecule has 3 N–H and O–H groups in total. The molecular weight excluding hydrogens is 224 g/mol. The maximum atomic E-state index is 5.90. The lowest BCUT2D eigenvalue weighted by molar-refractivity contribution is -0.860. The second-order valence-electron chi connectivity index (χ2n) is 5.43. The van der Waals surface area contributed by atoms with E-state index in [1.165, 1.54) is 35.5 Å². The van der Waals surface area contributed by atoms with E-state index in [2.05, 4.69) is 43.7 Å². The van der Waals surface area contributed by atoms with Gasteiger partial charge in [0.25, 0.3) is 0 Å². The number of fused-ring (bicyclic) bond motifs is 1. The zero-order chi connectivity index (χ0) is 12.8. The zero-order valence-electron chi connectivity index (χ0n) is 11.6. The summed E-state index contributed by atoms with van der Waals surface area (Å²) in [6, 6.07) is 8.71. The fourth-order valence-corrected chi connectivity index (χ4v) is 2.54. The van der Waals surface area contributed by atoms with Crippen LogP contribution in [0.15, 0.2) is 24.3 Å². The highest BCUT2D eigenvalue weighted by molar-refractivity contribution is 5.30. The van der Waals surface area contributed by atoms with Crippen molar-refractivity contribution in [3.63, 3.8) is 0 Å². The maximum Gasteiger partial charge on any atom is 0.131 e. The number of hydrogen-bond acceptors (Lipinski definition) is 1. The molecule has 0 saturated carbocycles. The lowest BCUT2D eigenvalue weighted by atomic mass is 9.97. The second-order valence-corrected chi connectivity index (χ2v) is 5.43. The summed E-state index contributed by atoms with van der Waals surface area (Å²) in [6.07, 6.45) is 2.63. The van der Waals surface area contributed by atoms with Crippen molar-refractivity contribution in [1.82, 2.24) is 0 Å². The molecule has 0 spiro atoms. The number of ether oxygens (including phenoxy) is 1. The molecule has 0 bridgehead atoms. The Labute approximate surface area is 110 Å². The van der Waals surface area contributed by atoms with E-state index in [0.29, 0.717) is 6.10 Å². The van der Waals surface area contributed by atoms with Crippen LogP contribution in [0, 0.1) is 0 Å². The van der Waals surface area contributed by atoms with Crippen LogP contribution in [0.4, 0.5) is 0 Å². The Kier molecular flexibility index (Phi) is 5.17. The van der Waals surface area contributed by atoms with Gasteiger partial charge >= 0.3 is 0 Å². The summed E-state index contributed by atoms with van der Waals surface area (Å²) in [5.41, 5.74) is 2.87. The number of benzene rings is 1. The van der Waals surface area contributed by atoms with Crippen molar-refractivity contribution in [2.45, 2.75) is 18.9 Å². The van der Waals surface area contributed by atoms with Crippen LogP contribution in [-0.4, -0.2) is 40.3 Å². The van der Waals surface area contributed by atoms with Crippen LogP contribution in [0.2, 0.25) is 0 Å². The molecule has 1 aliphatic heterocycles. The molecule has 2 rings (SSSR count). The Hall–Kier alpha value is -0.900. The van der Waals surface area contributed by atoms with Gasteiger partial charge in [-0.1, -0.05) is 24.3 Å². The fraction of sp³-hybridized carbons (Fsp3) is 0.600. The first-order valence-corrected chi connectivity index (χ1v) is 7.07. The Morgan fingerprint density at radius 1 is 1.33 bits per heavy atom. The first kappa shape index (κ1) is 13.5. The molecule has 100 valence electrons. The molecule has 3 nitrogen and oxygen atoms in total. The zero-order valence-corrected chi connectivity index (χ0v) is 11.6. The predicted octanol–water partition coefficient (Wildman–Crippen LogP) is -0.602. The highest BCUT2D eigenvalue weighted by atomic mass is 16.5. The van der Waals surface area contributed by atoms with Gasteiger partial charge in [-0.25, -0.2) is 0 Å². The van der Waals surface area contributed by atoms with Crippen LogP contribution in [0.25, 0.3) is 0 Å². The van der Waals surface area contributed by atoms with E-state index in [-0.39, 0.29) is 0 Å². The Morgan fingerprint density at radius 3 is 3.00 bits per heavy atom. The van der Waals surface area contributed by atoms with Crippen molar-refractivity contribution in [1.29, 1.82) is 0 Å². The summed E-state index contributed by atoms with van der Waals surface area (Å²) < 4.78 is 5.90. The van der Waals surface area contributed by atoms with Crippen molar-refractivity contribution in [2.24, 2.45) is 0 Å². The molecule has 18 heavy (non-hydrogen) atoms. The van der Waals surface area contributed by atoms with Crippen LogP contribution >= 0.6 is 0 Å². The average molecular weight is 250 g/mol. The van der Waals surface area contributed by atoms with E-state index < -0.39 is 0 Å². The van der Waals surface area contributed by atoms with Crippen LogP contribution in [0.1, 0.15) is 23.7 Å². The van der Waals surface area contributed by atoms with Gasteiger partial charge in [0, 0.05) is 6.42 Å². The van der Waals surface area contributed by atoms with Crippen molar-refractivity contribution in [3.05, 3.63) is 35.4 Å². The first-order valence-electron chi connectivity index (χ1n) is 7.07. The minimum absolute atomic E-state index is 0.293. The van der Waals surface area contributed by atoms with Gasteiger partial charge in [-0.05, 0) is 17.5 Å². The molecule has 0 amide bonds. The van der Waals surface area contributed by atoms with Gasteiger partial charge in [0.2, 0.25) is 0 Å². The fourth-order valence-electron chi connectivity index (χ4n) is 2.54. The lowest BCUT2D eigenvalue weighted by Gasteiger charge is -2.24. The highest BCUT2D eigenvalue weighted by Crippen LogP contribution is 2.25. The van der Waals surface area contributed by atoms with E-state index >= 15 is 0 Å². The van der Waals surface area contributed by atoms with E-state index in [0.717, 1.165) is 19.6 Å². The molecule has 1 aromatic rings. The molecule has 1 aliphatic rings. The standard InChI is InChI=1S/C15H24N2O/c1-17(2)10-5-9-16-12-15-14-7-4-3-6-13(14)8-11-18-15/h3-4,6-7,15-16H,5,8-12H2,1-2H3/p+2/t15-/m1/s1. The van der Waals surface area contributed by atoms with Crippen LogP contribution in [0.5, 0.6) is 0 Å². The van der Waals surface area contributed by atoms with Crippen molar-refractivity contribution < 1.29 is 15.0 Å². The van der Waals surface area contributed by atoms with Gasteiger partial charge in [0.1, 0.15) is 12.6 Å². The second kappa shape index (κ2) is 6.88. The lowest BCUT2D eigenvalue weighted by Crippen LogP contribution is -3.06. The SMILES string of the molecule is C[NH+](C)CCC[NH2+]C[C@H]1OCCc2ccccc21. The first-order chi connectivity index (χ1) is 8.77. The van der Waals surface area contributed by atoms with Gasteiger partial charge in [-0.15, -0.1) is 0 Å². The minimum atomic E-state index is 0.293. The largest absolute Gasteiger partial charge is 0.367 e. The molecule has 1 atom stereocenters. The van der Waals surface area contributed by atoms with Gasteiger partial charge < -0.3 is 15.0 Å². The summed E-state index contributed by atoms with van der Waals surface area (Å²) >= 11 is 0. The number of nitrogens with one attached hydrogen (secondary N) is 1. The molecule has 1 heterocycles. The molecule has 3 heteroatoms. The Bertz CT molecular complexity index is 365. The highest BCUT2D eigenvalue weighted by Gasteiger charge is 2.21. The van der Waals surface area contributed by atoms with E-state index in [9.17, 15) is 0 Å². The number of rotatable bonds is 6. The van der Waals surface area contributed by atoms with Gasteiger partial charge in [0.05, 0.1) is 33.8 Å². The number of quaternary nitrogens is 2. The quantitative estimate of drug-likeness (QED) is 0.649. The molecule has 0 fully saturated rings. The third-order valence-electron chi connectivity index (χ3n) is 3.56. The smallest absolute Gasteiger partial charge is 0.131 e. The minimum Gasteiger partial charge on any atom is -0.367 e. The Morgan fingerprint density at radius 2 is 2.17 bits per heavy atom. The number of nitrogens with two attached hydrogens (primary N) is 1. The summed E-state index contributed by atoms with van der Waals surface area (Å²) in [6.45, 7) is 4.38. The topological polar surface area (TPSA) is 30.3 Å². The van der Waals surface area contributed by atoms with E-state index in [4.69, 9.17) is 4.74 Å². The third kappa shape index (κ3) is 3.80. The predicted molar refractivity (Wildman–Crippen MR) is 72.8 cm³/mol. The number of hydrogen-bond donors (Lipinski definition) is 2. The van der Waals surface area contributed by atoms with E-state index in [1.807, 2.05) is 0 Å². The normalized spacial score (nSPS) is 18.9. The van der Waals surface area contributed by atoms with Crippen LogP contribution in [-0.2, 0) is 11.2 Å². The molecule has 0 aliphatic carbocycles. The van der Waals surface area contributed by atoms with Gasteiger partial charge in [-0.2, -0.15) is 0 Å². The molecule has 0 unspecified atom stereocenters. The van der Waals surface area contributed by atoms with Crippen molar-refractivity contribution in [2.75, 3.05) is 40.3 Å². The maximum absolute atomic E-state index is 5.90. The van der Waals surface area contributed by atoms with Crippen LogP contribution < -0.4 is 10.2 Å².